The molecule has 0 amide bonds. The molecule has 222 valence electrons. The van der Waals surface area contributed by atoms with E-state index in [1.807, 2.05) is 39.8 Å². The van der Waals surface area contributed by atoms with E-state index in [4.69, 9.17) is 18.9 Å². The molecule has 0 saturated carbocycles. The molecule has 2 rings (SSSR count). The Morgan fingerprint density at radius 2 is 1.50 bits per heavy atom. The predicted octanol–water partition coefficient (Wildman–Crippen LogP) is 8.66. The van der Waals surface area contributed by atoms with Gasteiger partial charge in [0.25, 0.3) is 0 Å². The molecule has 0 bridgehead atoms. The topological polar surface area (TPSA) is 54.0 Å². The fourth-order valence-electron chi connectivity index (χ4n) is 4.43. The molecule has 2 aromatic rings. The van der Waals surface area contributed by atoms with Gasteiger partial charge in [-0.2, -0.15) is 0 Å². The van der Waals surface area contributed by atoms with Crippen LogP contribution in [-0.2, 0) is 31.5 Å². The maximum Gasteiger partial charge on any atom is 0.311 e. The Bertz CT molecular complexity index is 1080. The molecular formula is C35H52O5. The summed E-state index contributed by atoms with van der Waals surface area (Å²) < 4.78 is 22.9. The van der Waals surface area contributed by atoms with E-state index in [2.05, 4.69) is 78.0 Å². The fraction of sp³-hybridized carbons (Fsp3) is 0.571. The van der Waals surface area contributed by atoms with Crippen molar-refractivity contribution in [1.29, 1.82) is 0 Å². The molecule has 0 unspecified atom stereocenters. The highest BCUT2D eigenvalue weighted by Gasteiger charge is 2.29. The molecule has 0 aliphatic carbocycles. The molecule has 5 nitrogen and oxygen atoms in total. The van der Waals surface area contributed by atoms with Gasteiger partial charge in [-0.15, -0.1) is 0 Å². The SMILES string of the molecule is CCOCOc1c(C(C)(C)C)cc(C=CCc2cccc(OCCCC(C)(C)C(=O)OCC)c2)cc1C(C)(C)C. The van der Waals surface area contributed by atoms with Gasteiger partial charge in [0.2, 0.25) is 0 Å². The minimum atomic E-state index is -0.501. The van der Waals surface area contributed by atoms with Crippen molar-refractivity contribution in [3.8, 4) is 11.5 Å². The first kappa shape index (κ1) is 33.4. The van der Waals surface area contributed by atoms with E-state index in [1.54, 1.807) is 0 Å². The zero-order valence-corrected chi connectivity index (χ0v) is 26.6. The summed E-state index contributed by atoms with van der Waals surface area (Å²) in [5.41, 5.74) is 4.05. The number of rotatable bonds is 14. The maximum absolute atomic E-state index is 12.1. The summed E-state index contributed by atoms with van der Waals surface area (Å²) in [5, 5.41) is 0. The second-order valence-electron chi connectivity index (χ2n) is 13.0. The molecule has 0 saturated heterocycles. The van der Waals surface area contributed by atoms with E-state index in [9.17, 15) is 4.79 Å². The second kappa shape index (κ2) is 14.7. The molecule has 0 atom stereocenters. The van der Waals surface area contributed by atoms with Crippen molar-refractivity contribution >= 4 is 12.0 Å². The summed E-state index contributed by atoms with van der Waals surface area (Å²) in [5.74, 6) is 1.63. The van der Waals surface area contributed by atoms with E-state index in [0.717, 1.165) is 36.3 Å². The summed E-state index contributed by atoms with van der Waals surface area (Å²) in [7, 11) is 0. The first-order valence-corrected chi connectivity index (χ1v) is 14.6. The highest BCUT2D eigenvalue weighted by molar-refractivity contribution is 5.75. The van der Waals surface area contributed by atoms with Gasteiger partial charge in [-0.05, 0) is 93.2 Å². The second-order valence-corrected chi connectivity index (χ2v) is 13.0. The molecule has 40 heavy (non-hydrogen) atoms. The number of carbonyl (C=O) groups excluding carboxylic acids is 1. The highest BCUT2D eigenvalue weighted by atomic mass is 16.7. The number of hydrogen-bond donors (Lipinski definition) is 0. The van der Waals surface area contributed by atoms with Gasteiger partial charge in [-0.25, -0.2) is 0 Å². The van der Waals surface area contributed by atoms with Crippen molar-refractivity contribution in [2.75, 3.05) is 26.6 Å². The lowest BCUT2D eigenvalue weighted by Gasteiger charge is -2.30. The lowest BCUT2D eigenvalue weighted by molar-refractivity contribution is -0.153. The quantitative estimate of drug-likeness (QED) is 0.133. The van der Waals surface area contributed by atoms with Crippen LogP contribution in [0.5, 0.6) is 11.5 Å². The smallest absolute Gasteiger partial charge is 0.311 e. The molecule has 0 aliphatic rings. The molecule has 0 heterocycles. The lowest BCUT2D eigenvalue weighted by atomic mass is 9.78. The zero-order valence-electron chi connectivity index (χ0n) is 26.6. The summed E-state index contributed by atoms with van der Waals surface area (Å²) >= 11 is 0. The largest absolute Gasteiger partial charge is 0.494 e. The Hall–Kier alpha value is -2.79. The standard InChI is InChI=1S/C35H52O5/c1-11-37-25-40-31-29(33(3,4)5)23-27(24-30(31)34(6,7)8)18-13-16-26-17-14-19-28(22-26)39-21-15-20-35(9,10)32(36)38-12-2/h13-14,17-19,22-24H,11-12,15-16,20-21,25H2,1-10H3. The molecule has 0 radical (unpaired) electrons. The van der Waals surface area contributed by atoms with Crippen LogP contribution in [0.3, 0.4) is 0 Å². The van der Waals surface area contributed by atoms with Gasteiger partial charge in [0.15, 0.2) is 6.79 Å². The van der Waals surface area contributed by atoms with Gasteiger partial charge in [0.1, 0.15) is 11.5 Å². The van der Waals surface area contributed by atoms with Crippen LogP contribution < -0.4 is 9.47 Å². The van der Waals surface area contributed by atoms with Crippen molar-refractivity contribution in [3.63, 3.8) is 0 Å². The van der Waals surface area contributed by atoms with Crippen LogP contribution in [0.4, 0.5) is 0 Å². The average Bonchev–Trinajstić information content (AvgIpc) is 2.86. The Kier molecular flexibility index (Phi) is 12.3. The maximum atomic E-state index is 12.1. The minimum absolute atomic E-state index is 0.0808. The molecule has 0 aromatic heterocycles. The minimum Gasteiger partial charge on any atom is -0.494 e. The Balaban J connectivity index is 2.13. The molecule has 5 heteroatoms. The number of allylic oxidation sites excluding steroid dienone is 1. The van der Waals surface area contributed by atoms with Crippen LogP contribution in [0.1, 0.15) is 104 Å². The van der Waals surface area contributed by atoms with Gasteiger partial charge >= 0.3 is 5.97 Å². The number of benzene rings is 2. The molecule has 0 aliphatic heterocycles. The van der Waals surface area contributed by atoms with Crippen molar-refractivity contribution in [1.82, 2.24) is 0 Å². The average molecular weight is 553 g/mol. The van der Waals surface area contributed by atoms with Crippen LogP contribution in [0.2, 0.25) is 0 Å². The first-order valence-electron chi connectivity index (χ1n) is 14.6. The summed E-state index contributed by atoms with van der Waals surface area (Å²) in [6.45, 7) is 22.8. The van der Waals surface area contributed by atoms with E-state index in [1.165, 1.54) is 16.7 Å². The number of esters is 1. The van der Waals surface area contributed by atoms with Gasteiger partial charge in [-0.1, -0.05) is 65.8 Å². The van der Waals surface area contributed by atoms with Gasteiger partial charge in [0.05, 0.1) is 18.6 Å². The third kappa shape index (κ3) is 10.3. The summed E-state index contributed by atoms with van der Waals surface area (Å²) in [4.78, 5) is 12.1. The lowest BCUT2D eigenvalue weighted by Crippen LogP contribution is -2.27. The monoisotopic (exact) mass is 552 g/mol. The van der Waals surface area contributed by atoms with Crippen LogP contribution >= 0.6 is 0 Å². The van der Waals surface area contributed by atoms with E-state index >= 15 is 0 Å². The zero-order chi connectivity index (χ0) is 30.0. The Morgan fingerprint density at radius 3 is 2.08 bits per heavy atom. The summed E-state index contributed by atoms with van der Waals surface area (Å²) in [6.07, 6.45) is 6.70. The van der Waals surface area contributed by atoms with Gasteiger partial charge in [0, 0.05) is 17.7 Å². The third-order valence-corrected chi connectivity index (χ3v) is 6.82. The van der Waals surface area contributed by atoms with E-state index in [-0.39, 0.29) is 23.6 Å². The third-order valence-electron chi connectivity index (χ3n) is 6.82. The molecule has 2 aromatic carbocycles. The highest BCUT2D eigenvalue weighted by Crippen LogP contribution is 2.41. The van der Waals surface area contributed by atoms with Crippen molar-refractivity contribution in [2.24, 2.45) is 5.41 Å². The normalized spacial score (nSPS) is 12.6. The number of ether oxygens (including phenoxy) is 4. The van der Waals surface area contributed by atoms with Crippen molar-refractivity contribution in [3.05, 3.63) is 64.7 Å². The van der Waals surface area contributed by atoms with E-state index < -0.39 is 5.41 Å². The molecule has 0 N–H and O–H groups in total. The van der Waals surface area contributed by atoms with Crippen LogP contribution in [0.25, 0.3) is 6.08 Å². The molecule has 0 spiro atoms. The fourth-order valence-corrected chi connectivity index (χ4v) is 4.43. The number of carbonyl (C=O) groups is 1. The van der Waals surface area contributed by atoms with Crippen molar-refractivity contribution in [2.45, 2.75) is 99.3 Å². The first-order chi connectivity index (χ1) is 18.7. The predicted molar refractivity (Wildman–Crippen MR) is 165 cm³/mol. The summed E-state index contributed by atoms with van der Waals surface area (Å²) in [6, 6.07) is 12.7. The number of hydrogen-bond acceptors (Lipinski definition) is 5. The van der Waals surface area contributed by atoms with Crippen molar-refractivity contribution < 1.29 is 23.7 Å². The molecule has 0 fully saturated rings. The van der Waals surface area contributed by atoms with Crippen LogP contribution in [0, 0.1) is 5.41 Å². The van der Waals surface area contributed by atoms with Gasteiger partial charge < -0.3 is 18.9 Å². The Labute approximate surface area is 243 Å². The Morgan fingerprint density at radius 1 is 0.850 bits per heavy atom. The van der Waals surface area contributed by atoms with Gasteiger partial charge in [-0.3, -0.25) is 4.79 Å². The molecular weight excluding hydrogens is 500 g/mol. The van der Waals surface area contributed by atoms with E-state index in [0.29, 0.717) is 19.8 Å². The van der Waals surface area contributed by atoms with Crippen LogP contribution in [-0.4, -0.2) is 32.6 Å². The van der Waals surface area contributed by atoms with Crippen LogP contribution in [0.15, 0.2) is 42.5 Å².